The number of aromatic nitrogens is 2. The van der Waals surface area contributed by atoms with Crippen LogP contribution in [0, 0.1) is 6.92 Å². The van der Waals surface area contributed by atoms with E-state index in [0.717, 1.165) is 38.4 Å². The van der Waals surface area contributed by atoms with Crippen LogP contribution in [-0.4, -0.2) is 59.1 Å². The van der Waals surface area contributed by atoms with Gasteiger partial charge in [0.2, 0.25) is 11.8 Å². The number of likely N-dealkylation sites (N-methyl/N-ethyl adjacent to an activating group) is 1. The Morgan fingerprint density at radius 2 is 2.08 bits per heavy atom. The molecule has 1 aliphatic heterocycles. The van der Waals surface area contributed by atoms with Crippen LogP contribution in [0.4, 0.5) is 5.69 Å². The van der Waals surface area contributed by atoms with Crippen molar-refractivity contribution in [1.29, 1.82) is 0 Å². The molecular weight excluding hydrogens is 330 g/mol. The molecule has 0 spiro atoms. The van der Waals surface area contributed by atoms with Crippen molar-refractivity contribution in [2.45, 2.75) is 32.7 Å². The minimum Gasteiger partial charge on any atom is -0.339 e. The minimum absolute atomic E-state index is 0.0120. The first kappa shape index (κ1) is 18.5. The van der Waals surface area contributed by atoms with Crippen LogP contribution in [0.3, 0.4) is 0 Å². The lowest BCUT2D eigenvalue weighted by atomic mass is 10.1. The number of amides is 1. The number of nitrogens with zero attached hydrogens (tertiary/aromatic N) is 4. The largest absolute Gasteiger partial charge is 0.339 e. The zero-order valence-electron chi connectivity index (χ0n) is 15.6. The standard InChI is InChI=1S/C19H27N5O2/c1-15-20-19(26-22-15)8-4-7-18(25)21-17-6-3-5-16(13-17)14-24-11-9-23(2)10-12-24/h3,5-6,13H,4,7-12,14H2,1-2H3,(H,21,25). The van der Waals surface area contributed by atoms with Gasteiger partial charge in [0, 0.05) is 51.3 Å². The summed E-state index contributed by atoms with van der Waals surface area (Å²) in [6.07, 6.45) is 1.75. The summed E-state index contributed by atoms with van der Waals surface area (Å²) >= 11 is 0. The molecule has 0 atom stereocenters. The summed E-state index contributed by atoms with van der Waals surface area (Å²) in [6, 6.07) is 8.12. The van der Waals surface area contributed by atoms with Crippen LogP contribution in [0.2, 0.25) is 0 Å². The lowest BCUT2D eigenvalue weighted by Gasteiger charge is -2.32. The van der Waals surface area contributed by atoms with Crippen molar-refractivity contribution in [2.75, 3.05) is 38.5 Å². The SMILES string of the molecule is Cc1noc(CCCC(=O)Nc2cccc(CN3CCN(C)CC3)c2)n1. The molecule has 1 fully saturated rings. The summed E-state index contributed by atoms with van der Waals surface area (Å²) in [6.45, 7) is 7.10. The Morgan fingerprint density at radius 1 is 1.27 bits per heavy atom. The Kier molecular flexibility index (Phi) is 6.35. The first-order valence-electron chi connectivity index (χ1n) is 9.17. The number of nitrogens with one attached hydrogen (secondary N) is 1. The van der Waals surface area contributed by atoms with Crippen LogP contribution in [0.5, 0.6) is 0 Å². The quantitative estimate of drug-likeness (QED) is 0.818. The van der Waals surface area contributed by atoms with Gasteiger partial charge in [-0.15, -0.1) is 0 Å². The molecule has 1 aromatic heterocycles. The molecule has 0 bridgehead atoms. The second kappa shape index (κ2) is 8.91. The number of aryl methyl sites for hydroxylation is 2. The molecule has 1 N–H and O–H groups in total. The molecule has 3 rings (SSSR count). The topological polar surface area (TPSA) is 74.5 Å². The van der Waals surface area contributed by atoms with E-state index in [9.17, 15) is 4.79 Å². The summed E-state index contributed by atoms with van der Waals surface area (Å²) in [7, 11) is 2.16. The van der Waals surface area contributed by atoms with E-state index in [-0.39, 0.29) is 5.91 Å². The minimum atomic E-state index is 0.0120. The zero-order valence-corrected chi connectivity index (χ0v) is 15.6. The van der Waals surface area contributed by atoms with E-state index in [0.29, 0.717) is 31.0 Å². The average molecular weight is 357 g/mol. The van der Waals surface area contributed by atoms with Gasteiger partial charge in [-0.05, 0) is 38.1 Å². The van der Waals surface area contributed by atoms with Crippen molar-refractivity contribution in [3.8, 4) is 0 Å². The highest BCUT2D eigenvalue weighted by Gasteiger charge is 2.14. The maximum absolute atomic E-state index is 12.2. The molecule has 7 heteroatoms. The predicted molar refractivity (Wildman–Crippen MR) is 99.8 cm³/mol. The van der Waals surface area contributed by atoms with E-state index in [4.69, 9.17) is 4.52 Å². The van der Waals surface area contributed by atoms with Crippen LogP contribution in [0.1, 0.15) is 30.1 Å². The summed E-state index contributed by atoms with van der Waals surface area (Å²) in [5.74, 6) is 1.23. The summed E-state index contributed by atoms with van der Waals surface area (Å²) in [4.78, 5) is 21.1. The van der Waals surface area contributed by atoms with Crippen molar-refractivity contribution in [3.05, 3.63) is 41.5 Å². The second-order valence-electron chi connectivity index (χ2n) is 6.92. The zero-order chi connectivity index (χ0) is 18.4. The Morgan fingerprint density at radius 3 is 2.81 bits per heavy atom. The predicted octanol–water partition coefficient (Wildman–Crippen LogP) is 2.09. The first-order chi connectivity index (χ1) is 12.6. The van der Waals surface area contributed by atoms with E-state index in [1.54, 1.807) is 6.92 Å². The van der Waals surface area contributed by atoms with Crippen molar-refractivity contribution in [1.82, 2.24) is 19.9 Å². The van der Waals surface area contributed by atoms with Crippen molar-refractivity contribution >= 4 is 11.6 Å². The highest BCUT2D eigenvalue weighted by atomic mass is 16.5. The monoisotopic (exact) mass is 357 g/mol. The van der Waals surface area contributed by atoms with Gasteiger partial charge >= 0.3 is 0 Å². The van der Waals surface area contributed by atoms with Crippen LogP contribution < -0.4 is 5.32 Å². The molecule has 7 nitrogen and oxygen atoms in total. The number of carbonyl (C=O) groups excluding carboxylic acids is 1. The fraction of sp³-hybridized carbons (Fsp3) is 0.526. The Labute approximate surface area is 154 Å². The summed E-state index contributed by atoms with van der Waals surface area (Å²) in [5.41, 5.74) is 2.09. The van der Waals surface area contributed by atoms with Gasteiger partial charge in [-0.3, -0.25) is 9.69 Å². The van der Waals surface area contributed by atoms with Crippen LogP contribution in [0.25, 0.3) is 0 Å². The molecule has 26 heavy (non-hydrogen) atoms. The number of piperazine rings is 1. The third kappa shape index (κ3) is 5.64. The molecule has 1 aliphatic rings. The molecule has 2 heterocycles. The second-order valence-corrected chi connectivity index (χ2v) is 6.92. The molecule has 140 valence electrons. The highest BCUT2D eigenvalue weighted by molar-refractivity contribution is 5.90. The van der Waals surface area contributed by atoms with Crippen molar-refractivity contribution < 1.29 is 9.32 Å². The Hall–Kier alpha value is -2.25. The highest BCUT2D eigenvalue weighted by Crippen LogP contribution is 2.14. The van der Waals surface area contributed by atoms with E-state index in [1.165, 1.54) is 5.56 Å². The maximum Gasteiger partial charge on any atom is 0.226 e. The molecule has 0 saturated carbocycles. The normalized spacial score (nSPS) is 15.9. The van der Waals surface area contributed by atoms with E-state index >= 15 is 0 Å². The van der Waals surface area contributed by atoms with Crippen LogP contribution >= 0.6 is 0 Å². The van der Waals surface area contributed by atoms with Gasteiger partial charge in [-0.25, -0.2) is 0 Å². The molecule has 0 aliphatic carbocycles. The first-order valence-corrected chi connectivity index (χ1v) is 9.17. The van der Waals surface area contributed by atoms with E-state index in [1.807, 2.05) is 12.1 Å². The molecule has 0 unspecified atom stereocenters. The van der Waals surface area contributed by atoms with Gasteiger partial charge in [0.05, 0.1) is 0 Å². The number of hydrogen-bond acceptors (Lipinski definition) is 6. The third-order valence-corrected chi connectivity index (χ3v) is 4.58. The molecule has 1 amide bonds. The van der Waals surface area contributed by atoms with Crippen molar-refractivity contribution in [3.63, 3.8) is 0 Å². The molecule has 2 aromatic rings. The number of rotatable bonds is 7. The Balaban J connectivity index is 1.44. The van der Waals surface area contributed by atoms with E-state index < -0.39 is 0 Å². The fourth-order valence-corrected chi connectivity index (χ4v) is 3.08. The Bertz CT molecular complexity index is 722. The molecular formula is C19H27N5O2. The van der Waals surface area contributed by atoms with Gasteiger partial charge in [0.15, 0.2) is 5.82 Å². The molecule has 1 saturated heterocycles. The van der Waals surface area contributed by atoms with Crippen LogP contribution in [0.15, 0.2) is 28.8 Å². The third-order valence-electron chi connectivity index (χ3n) is 4.58. The lowest BCUT2D eigenvalue weighted by molar-refractivity contribution is -0.116. The van der Waals surface area contributed by atoms with Gasteiger partial charge in [0.25, 0.3) is 0 Å². The summed E-state index contributed by atoms with van der Waals surface area (Å²) < 4.78 is 5.06. The number of hydrogen-bond donors (Lipinski definition) is 1. The van der Waals surface area contributed by atoms with Crippen molar-refractivity contribution in [2.24, 2.45) is 0 Å². The van der Waals surface area contributed by atoms with Gasteiger partial charge in [0.1, 0.15) is 0 Å². The van der Waals surface area contributed by atoms with Crippen LogP contribution in [-0.2, 0) is 17.8 Å². The van der Waals surface area contributed by atoms with Gasteiger partial charge in [-0.1, -0.05) is 17.3 Å². The van der Waals surface area contributed by atoms with Gasteiger partial charge in [-0.2, -0.15) is 4.98 Å². The van der Waals surface area contributed by atoms with Gasteiger partial charge < -0.3 is 14.7 Å². The molecule has 1 aromatic carbocycles. The smallest absolute Gasteiger partial charge is 0.226 e. The maximum atomic E-state index is 12.2. The summed E-state index contributed by atoms with van der Waals surface area (Å²) in [5, 5.41) is 6.74. The number of anilines is 1. The fourth-order valence-electron chi connectivity index (χ4n) is 3.08. The number of benzene rings is 1. The molecule has 0 radical (unpaired) electrons. The lowest BCUT2D eigenvalue weighted by Crippen LogP contribution is -2.43. The van der Waals surface area contributed by atoms with E-state index in [2.05, 4.69) is 44.4 Å². The number of carbonyl (C=O) groups is 1. The average Bonchev–Trinajstić information content (AvgIpc) is 3.02.